The Morgan fingerprint density at radius 3 is 1.55 bits per heavy atom. The molecule has 0 saturated heterocycles. The number of hydrogen-bond acceptors (Lipinski definition) is 4. The molecule has 2 rings (SSSR count). The van der Waals surface area contributed by atoms with Gasteiger partial charge < -0.3 is 19.7 Å². The first kappa shape index (κ1) is 22.3. The van der Waals surface area contributed by atoms with Crippen molar-refractivity contribution in [1.82, 2.24) is 0 Å². The molecule has 6 heteroatoms. The van der Waals surface area contributed by atoms with E-state index in [1.807, 2.05) is 0 Å². The van der Waals surface area contributed by atoms with Crippen molar-refractivity contribution in [3.8, 4) is 11.5 Å². The highest BCUT2D eigenvalue weighted by Crippen LogP contribution is 2.21. The molecule has 0 spiro atoms. The Morgan fingerprint density at radius 2 is 1.14 bits per heavy atom. The van der Waals surface area contributed by atoms with Crippen LogP contribution >= 0.6 is 0 Å². The zero-order chi connectivity index (χ0) is 21.1. The van der Waals surface area contributed by atoms with Crippen molar-refractivity contribution in [3.05, 3.63) is 59.7 Å². The number of carboxylic acids is 2. The molecule has 0 heterocycles. The fourth-order valence-corrected chi connectivity index (χ4v) is 2.89. The maximum absolute atomic E-state index is 11.0. The average molecular weight is 400 g/mol. The van der Waals surface area contributed by atoms with Gasteiger partial charge in [-0.3, -0.25) is 0 Å². The van der Waals surface area contributed by atoms with Crippen LogP contribution in [0.3, 0.4) is 0 Å². The predicted octanol–water partition coefficient (Wildman–Crippen LogP) is 5.62. The standard InChI is InChI=1S/C23H28O6/c1-2-3-4-5-6-7-8-21(28-19-13-9-17(10-14-19)22(24)25)29-20-15-11-18(12-16-20)23(26)27/h9-16,21H,2-8H2,1H3,(H,24,25)(H,26,27). The Hall–Kier alpha value is -3.02. The smallest absolute Gasteiger partial charge is 0.335 e. The molecular formula is C23H28O6. The summed E-state index contributed by atoms with van der Waals surface area (Å²) < 4.78 is 11.9. The monoisotopic (exact) mass is 400 g/mol. The van der Waals surface area contributed by atoms with Crippen molar-refractivity contribution in [2.45, 2.75) is 58.2 Å². The number of ether oxygens (including phenoxy) is 2. The van der Waals surface area contributed by atoms with Crippen LogP contribution < -0.4 is 9.47 Å². The van der Waals surface area contributed by atoms with E-state index in [-0.39, 0.29) is 11.1 Å². The zero-order valence-corrected chi connectivity index (χ0v) is 16.7. The number of benzene rings is 2. The van der Waals surface area contributed by atoms with Crippen molar-refractivity contribution in [1.29, 1.82) is 0 Å². The number of unbranched alkanes of at least 4 members (excludes halogenated alkanes) is 5. The van der Waals surface area contributed by atoms with Crippen LogP contribution in [-0.4, -0.2) is 28.4 Å². The number of hydrogen-bond donors (Lipinski definition) is 2. The Balaban J connectivity index is 1.99. The molecule has 0 amide bonds. The van der Waals surface area contributed by atoms with Gasteiger partial charge in [0.2, 0.25) is 6.29 Å². The van der Waals surface area contributed by atoms with Crippen LogP contribution in [0.1, 0.15) is 72.6 Å². The van der Waals surface area contributed by atoms with Crippen molar-refractivity contribution in [2.24, 2.45) is 0 Å². The summed E-state index contributed by atoms with van der Waals surface area (Å²) in [6.07, 6.45) is 6.97. The molecule has 0 saturated carbocycles. The molecule has 2 aromatic rings. The highest BCUT2D eigenvalue weighted by molar-refractivity contribution is 5.88. The first-order chi connectivity index (χ1) is 14.0. The first-order valence-electron chi connectivity index (χ1n) is 9.99. The average Bonchev–Trinajstić information content (AvgIpc) is 2.71. The molecule has 156 valence electrons. The van der Waals surface area contributed by atoms with Crippen LogP contribution in [0, 0.1) is 0 Å². The highest BCUT2D eigenvalue weighted by atomic mass is 16.7. The van der Waals surface area contributed by atoms with Crippen LogP contribution in [-0.2, 0) is 0 Å². The van der Waals surface area contributed by atoms with Gasteiger partial charge in [-0.2, -0.15) is 0 Å². The Bertz CT molecular complexity index is 707. The minimum absolute atomic E-state index is 0.190. The van der Waals surface area contributed by atoms with E-state index in [1.54, 1.807) is 24.3 Å². The second kappa shape index (κ2) is 11.7. The van der Waals surface area contributed by atoms with Crippen molar-refractivity contribution < 1.29 is 29.3 Å². The zero-order valence-electron chi connectivity index (χ0n) is 16.7. The van der Waals surface area contributed by atoms with Crippen LogP contribution in [0.15, 0.2) is 48.5 Å². The van der Waals surface area contributed by atoms with E-state index < -0.39 is 18.2 Å². The summed E-state index contributed by atoms with van der Waals surface area (Å²) in [4.78, 5) is 22.0. The Labute approximate surface area is 171 Å². The highest BCUT2D eigenvalue weighted by Gasteiger charge is 2.14. The van der Waals surface area contributed by atoms with Gasteiger partial charge in [-0.25, -0.2) is 9.59 Å². The number of carbonyl (C=O) groups is 2. The molecule has 0 atom stereocenters. The second-order valence-electron chi connectivity index (χ2n) is 6.88. The summed E-state index contributed by atoms with van der Waals surface area (Å²) in [5, 5.41) is 18.0. The lowest BCUT2D eigenvalue weighted by molar-refractivity contribution is -0.00246. The number of rotatable bonds is 13. The molecule has 0 aliphatic rings. The summed E-state index contributed by atoms with van der Waals surface area (Å²) in [6, 6.07) is 12.4. The number of carboxylic acid groups (broad SMARTS) is 2. The third-order valence-corrected chi connectivity index (χ3v) is 4.53. The van der Waals surface area contributed by atoms with Gasteiger partial charge in [0.25, 0.3) is 0 Å². The molecule has 0 unspecified atom stereocenters. The lowest BCUT2D eigenvalue weighted by Crippen LogP contribution is -2.24. The molecule has 0 aliphatic carbocycles. The summed E-state index contributed by atoms with van der Waals surface area (Å²) in [7, 11) is 0. The fourth-order valence-electron chi connectivity index (χ4n) is 2.89. The van der Waals surface area contributed by atoms with Gasteiger partial charge in [-0.1, -0.05) is 39.0 Å². The summed E-state index contributed by atoms with van der Waals surface area (Å²) in [6.45, 7) is 2.18. The molecule has 0 aromatic heterocycles. The summed E-state index contributed by atoms with van der Waals surface area (Å²) in [5.41, 5.74) is 0.380. The van der Waals surface area contributed by atoms with Gasteiger partial charge in [-0.05, 0) is 55.0 Å². The van der Waals surface area contributed by atoms with E-state index in [0.717, 1.165) is 12.8 Å². The van der Waals surface area contributed by atoms with Gasteiger partial charge in [0.05, 0.1) is 11.1 Å². The summed E-state index contributed by atoms with van der Waals surface area (Å²) in [5.74, 6) is -0.939. The van der Waals surface area contributed by atoms with Gasteiger partial charge >= 0.3 is 11.9 Å². The second-order valence-corrected chi connectivity index (χ2v) is 6.88. The Kier molecular flexibility index (Phi) is 9.02. The van der Waals surface area contributed by atoms with Gasteiger partial charge in [0.1, 0.15) is 11.5 Å². The van der Waals surface area contributed by atoms with Gasteiger partial charge in [0.15, 0.2) is 0 Å². The van der Waals surface area contributed by atoms with E-state index in [4.69, 9.17) is 19.7 Å². The van der Waals surface area contributed by atoms with E-state index in [9.17, 15) is 9.59 Å². The molecule has 0 radical (unpaired) electrons. The maximum Gasteiger partial charge on any atom is 0.335 e. The molecule has 2 N–H and O–H groups in total. The third kappa shape index (κ3) is 7.86. The maximum atomic E-state index is 11.0. The van der Waals surface area contributed by atoms with E-state index in [0.29, 0.717) is 17.9 Å². The quantitative estimate of drug-likeness (QED) is 0.335. The molecule has 6 nitrogen and oxygen atoms in total. The lowest BCUT2D eigenvalue weighted by atomic mass is 10.1. The molecule has 0 fully saturated rings. The van der Waals surface area contributed by atoms with Crippen molar-refractivity contribution in [3.63, 3.8) is 0 Å². The van der Waals surface area contributed by atoms with E-state index >= 15 is 0 Å². The van der Waals surface area contributed by atoms with Crippen LogP contribution in [0.4, 0.5) is 0 Å². The van der Waals surface area contributed by atoms with Crippen LogP contribution in [0.25, 0.3) is 0 Å². The predicted molar refractivity (Wildman–Crippen MR) is 110 cm³/mol. The van der Waals surface area contributed by atoms with Gasteiger partial charge in [-0.15, -0.1) is 0 Å². The topological polar surface area (TPSA) is 93.1 Å². The van der Waals surface area contributed by atoms with Crippen LogP contribution in [0.2, 0.25) is 0 Å². The molecular weight excluding hydrogens is 372 g/mol. The normalized spacial score (nSPS) is 10.7. The van der Waals surface area contributed by atoms with Crippen LogP contribution in [0.5, 0.6) is 11.5 Å². The van der Waals surface area contributed by atoms with Crippen molar-refractivity contribution in [2.75, 3.05) is 0 Å². The van der Waals surface area contributed by atoms with Crippen molar-refractivity contribution >= 4 is 11.9 Å². The SMILES string of the molecule is CCCCCCCCC(Oc1ccc(C(=O)O)cc1)Oc1ccc(C(=O)O)cc1. The van der Waals surface area contributed by atoms with E-state index in [2.05, 4.69) is 6.92 Å². The molecule has 0 bridgehead atoms. The Morgan fingerprint density at radius 1 is 0.724 bits per heavy atom. The lowest BCUT2D eigenvalue weighted by Gasteiger charge is -2.21. The third-order valence-electron chi connectivity index (χ3n) is 4.53. The number of aromatic carboxylic acids is 2. The first-order valence-corrected chi connectivity index (χ1v) is 9.99. The minimum atomic E-state index is -0.991. The fraction of sp³-hybridized carbons (Fsp3) is 0.391. The minimum Gasteiger partial charge on any atom is -0.478 e. The molecule has 29 heavy (non-hydrogen) atoms. The molecule has 0 aliphatic heterocycles. The largest absolute Gasteiger partial charge is 0.478 e. The van der Waals surface area contributed by atoms with Gasteiger partial charge in [0, 0.05) is 6.42 Å². The van der Waals surface area contributed by atoms with E-state index in [1.165, 1.54) is 49.9 Å². The summed E-state index contributed by atoms with van der Waals surface area (Å²) >= 11 is 0. The molecule has 2 aromatic carbocycles.